The van der Waals surface area contributed by atoms with Crippen LogP contribution >= 0.6 is 11.3 Å². The van der Waals surface area contributed by atoms with Gasteiger partial charge in [0.05, 0.1) is 4.88 Å². The first-order valence-corrected chi connectivity index (χ1v) is 7.01. The number of hydrogen-bond acceptors (Lipinski definition) is 4. The van der Waals surface area contributed by atoms with Crippen molar-refractivity contribution < 1.29 is 24.6 Å². The number of hydrogen-bond donors (Lipinski definition) is 3. The van der Waals surface area contributed by atoms with Crippen molar-refractivity contribution in [2.24, 2.45) is 0 Å². The molecule has 1 rings (SSSR count). The van der Waals surface area contributed by atoms with Crippen molar-refractivity contribution in [2.75, 3.05) is 0 Å². The number of carbonyl (C=O) groups excluding carboxylic acids is 1. The highest BCUT2D eigenvalue weighted by Gasteiger charge is 2.22. The number of carboxylic acid groups (broad SMARTS) is 2. The van der Waals surface area contributed by atoms with Gasteiger partial charge >= 0.3 is 11.9 Å². The van der Waals surface area contributed by atoms with E-state index < -0.39 is 23.9 Å². The fraction of sp³-hybridized carbons (Fsp3) is 0.462. The molecule has 0 aliphatic heterocycles. The summed E-state index contributed by atoms with van der Waals surface area (Å²) in [4.78, 5) is 35.0. The minimum absolute atomic E-state index is 0.138. The fourth-order valence-corrected chi connectivity index (χ4v) is 2.75. The van der Waals surface area contributed by atoms with Crippen molar-refractivity contribution in [1.82, 2.24) is 5.32 Å². The molecule has 3 N–H and O–H groups in total. The van der Waals surface area contributed by atoms with Gasteiger partial charge < -0.3 is 15.5 Å². The van der Waals surface area contributed by atoms with Gasteiger partial charge in [-0.2, -0.15) is 0 Å². The Bertz CT molecular complexity index is 523. The zero-order chi connectivity index (χ0) is 15.3. The highest BCUT2D eigenvalue weighted by molar-refractivity contribution is 7.14. The fourth-order valence-electron chi connectivity index (χ4n) is 1.74. The lowest BCUT2D eigenvalue weighted by Crippen LogP contribution is -2.40. The van der Waals surface area contributed by atoms with Gasteiger partial charge in [0.2, 0.25) is 0 Å². The molecule has 0 aliphatic rings. The monoisotopic (exact) mass is 299 g/mol. The zero-order valence-electron chi connectivity index (χ0n) is 11.3. The first-order chi connectivity index (χ1) is 9.35. The zero-order valence-corrected chi connectivity index (χ0v) is 12.1. The van der Waals surface area contributed by atoms with Crippen LogP contribution < -0.4 is 5.32 Å². The van der Waals surface area contributed by atoms with E-state index >= 15 is 0 Å². The van der Waals surface area contributed by atoms with Crippen molar-refractivity contribution >= 4 is 29.2 Å². The maximum absolute atomic E-state index is 12.0. The van der Waals surface area contributed by atoms with Crippen LogP contribution in [-0.4, -0.2) is 34.1 Å². The lowest BCUT2D eigenvalue weighted by atomic mass is 10.1. The molecule has 0 aliphatic carbocycles. The SMILES string of the molecule is CCc1sc(C(=O)NC(CCC(=O)O)C(=O)O)cc1C. The lowest BCUT2D eigenvalue weighted by molar-refractivity contribution is -0.140. The number of carbonyl (C=O) groups is 3. The summed E-state index contributed by atoms with van der Waals surface area (Å²) in [5.41, 5.74) is 1.00. The van der Waals surface area contributed by atoms with E-state index in [1.54, 1.807) is 6.07 Å². The van der Waals surface area contributed by atoms with E-state index in [2.05, 4.69) is 5.32 Å². The molecular weight excluding hydrogens is 282 g/mol. The summed E-state index contributed by atoms with van der Waals surface area (Å²) in [7, 11) is 0. The molecule has 0 bridgehead atoms. The van der Waals surface area contributed by atoms with Crippen LogP contribution in [0.25, 0.3) is 0 Å². The third-order valence-corrected chi connectivity index (χ3v) is 4.20. The van der Waals surface area contributed by atoms with Gasteiger partial charge in [-0.25, -0.2) is 4.79 Å². The average molecular weight is 299 g/mol. The molecule has 1 aromatic heterocycles. The predicted molar refractivity (Wildman–Crippen MR) is 74.2 cm³/mol. The van der Waals surface area contributed by atoms with E-state index in [9.17, 15) is 14.4 Å². The number of aryl methyl sites for hydroxylation is 2. The largest absolute Gasteiger partial charge is 0.481 e. The van der Waals surface area contributed by atoms with Gasteiger partial charge in [-0.3, -0.25) is 9.59 Å². The molecule has 1 atom stereocenters. The third-order valence-electron chi connectivity index (χ3n) is 2.82. The molecule has 7 heteroatoms. The second-order valence-corrected chi connectivity index (χ2v) is 5.50. The summed E-state index contributed by atoms with van der Waals surface area (Å²) >= 11 is 1.32. The quantitative estimate of drug-likeness (QED) is 0.710. The van der Waals surface area contributed by atoms with Gasteiger partial charge in [-0.15, -0.1) is 11.3 Å². The molecule has 0 radical (unpaired) electrons. The van der Waals surface area contributed by atoms with Crippen LogP contribution in [0.5, 0.6) is 0 Å². The Morgan fingerprint density at radius 2 is 2.00 bits per heavy atom. The number of aliphatic carboxylic acids is 2. The van der Waals surface area contributed by atoms with Crippen LogP contribution in [0, 0.1) is 6.92 Å². The van der Waals surface area contributed by atoms with Gasteiger partial charge in [0.1, 0.15) is 6.04 Å². The minimum atomic E-state index is -1.23. The summed E-state index contributed by atoms with van der Waals surface area (Å²) < 4.78 is 0. The summed E-state index contributed by atoms with van der Waals surface area (Å²) in [6, 6.07) is 0.528. The molecule has 0 saturated heterocycles. The molecule has 1 amide bonds. The molecule has 0 saturated carbocycles. The highest BCUT2D eigenvalue weighted by atomic mass is 32.1. The van der Waals surface area contributed by atoms with Crippen molar-refractivity contribution in [2.45, 2.75) is 39.2 Å². The number of rotatable bonds is 7. The van der Waals surface area contributed by atoms with Gasteiger partial charge in [0.15, 0.2) is 0 Å². The van der Waals surface area contributed by atoms with Crippen LogP contribution in [0.15, 0.2) is 6.07 Å². The Morgan fingerprint density at radius 1 is 1.35 bits per heavy atom. The summed E-state index contributed by atoms with van der Waals surface area (Å²) in [6.45, 7) is 3.87. The maximum Gasteiger partial charge on any atom is 0.326 e. The second-order valence-electron chi connectivity index (χ2n) is 4.37. The van der Waals surface area contributed by atoms with E-state index in [0.29, 0.717) is 4.88 Å². The van der Waals surface area contributed by atoms with Gasteiger partial charge in [-0.1, -0.05) is 6.92 Å². The average Bonchev–Trinajstić information content (AvgIpc) is 2.75. The van der Waals surface area contributed by atoms with E-state index in [4.69, 9.17) is 10.2 Å². The van der Waals surface area contributed by atoms with Gasteiger partial charge in [0, 0.05) is 11.3 Å². The Morgan fingerprint density at radius 3 is 2.45 bits per heavy atom. The smallest absolute Gasteiger partial charge is 0.326 e. The van der Waals surface area contributed by atoms with E-state index in [0.717, 1.165) is 16.9 Å². The first kappa shape index (κ1) is 16.2. The van der Waals surface area contributed by atoms with Crippen molar-refractivity contribution in [1.29, 1.82) is 0 Å². The van der Waals surface area contributed by atoms with Gasteiger partial charge in [-0.05, 0) is 31.4 Å². The Kier molecular flexibility index (Phi) is 5.69. The molecule has 1 aromatic rings. The molecule has 110 valence electrons. The highest BCUT2D eigenvalue weighted by Crippen LogP contribution is 2.22. The third kappa shape index (κ3) is 4.34. The van der Waals surface area contributed by atoms with E-state index in [1.165, 1.54) is 11.3 Å². The van der Waals surface area contributed by atoms with Crippen molar-refractivity contribution in [3.63, 3.8) is 0 Å². The first-order valence-electron chi connectivity index (χ1n) is 6.19. The molecule has 0 fully saturated rings. The predicted octanol–water partition coefficient (Wildman–Crippen LogP) is 1.67. The summed E-state index contributed by atoms with van der Waals surface area (Å²) in [6.07, 6.45) is 0.369. The number of amides is 1. The van der Waals surface area contributed by atoms with Crippen LogP contribution in [-0.2, 0) is 16.0 Å². The molecule has 1 unspecified atom stereocenters. The van der Waals surface area contributed by atoms with Crippen LogP contribution in [0.2, 0.25) is 0 Å². The molecule has 1 heterocycles. The van der Waals surface area contributed by atoms with Gasteiger partial charge in [0.25, 0.3) is 5.91 Å². The van der Waals surface area contributed by atoms with Crippen LogP contribution in [0.4, 0.5) is 0 Å². The number of thiophene rings is 1. The molecular formula is C13H17NO5S. The normalized spacial score (nSPS) is 11.9. The van der Waals surface area contributed by atoms with E-state index in [1.807, 2.05) is 13.8 Å². The minimum Gasteiger partial charge on any atom is -0.481 e. The Labute approximate surface area is 120 Å². The Hall–Kier alpha value is -1.89. The lowest BCUT2D eigenvalue weighted by Gasteiger charge is -2.12. The maximum atomic E-state index is 12.0. The Balaban J connectivity index is 2.74. The summed E-state index contributed by atoms with van der Waals surface area (Å²) in [5.74, 6) is -2.80. The topological polar surface area (TPSA) is 104 Å². The van der Waals surface area contributed by atoms with Crippen LogP contribution in [0.3, 0.4) is 0 Å². The molecule has 6 nitrogen and oxygen atoms in total. The van der Waals surface area contributed by atoms with Crippen molar-refractivity contribution in [3.8, 4) is 0 Å². The van der Waals surface area contributed by atoms with Crippen molar-refractivity contribution in [3.05, 3.63) is 21.4 Å². The summed E-state index contributed by atoms with van der Waals surface area (Å²) in [5, 5.41) is 19.9. The molecule has 0 aromatic carbocycles. The molecule has 20 heavy (non-hydrogen) atoms. The van der Waals surface area contributed by atoms with E-state index in [-0.39, 0.29) is 12.8 Å². The second kappa shape index (κ2) is 7.04. The standard InChI is InChI=1S/C13H17NO5S/c1-3-9-7(2)6-10(20-9)12(17)14-8(13(18)19)4-5-11(15)16/h6,8H,3-5H2,1-2H3,(H,14,17)(H,15,16)(H,18,19). The number of nitrogens with one attached hydrogen (secondary N) is 1. The number of carboxylic acids is 2. The van der Waals surface area contributed by atoms with Crippen LogP contribution in [0.1, 0.15) is 39.9 Å². The molecule has 0 spiro atoms.